The summed E-state index contributed by atoms with van der Waals surface area (Å²) >= 11 is 0. The van der Waals surface area contributed by atoms with E-state index in [0.717, 1.165) is 25.7 Å². The molecule has 0 aliphatic heterocycles. The Morgan fingerprint density at radius 3 is 2.50 bits per heavy atom. The van der Waals surface area contributed by atoms with Gasteiger partial charge in [-0.1, -0.05) is 13.3 Å². The second-order valence-electron chi connectivity index (χ2n) is 4.69. The average Bonchev–Trinajstić information content (AvgIpc) is 3.05. The number of urea groups is 1. The summed E-state index contributed by atoms with van der Waals surface area (Å²) in [4.78, 5) is 11.3. The third kappa shape index (κ3) is 6.20. The quantitative estimate of drug-likeness (QED) is 0.678. The van der Waals surface area contributed by atoms with Crippen molar-refractivity contribution in [2.45, 2.75) is 38.6 Å². The lowest BCUT2D eigenvalue weighted by Crippen LogP contribution is -2.42. The van der Waals surface area contributed by atoms with Crippen molar-refractivity contribution in [2.24, 2.45) is 0 Å². The third-order valence-corrected chi connectivity index (χ3v) is 4.09. The molecular formula is C11H23N3O3S. The van der Waals surface area contributed by atoms with E-state index in [4.69, 9.17) is 0 Å². The normalized spacial score (nSPS) is 15.7. The smallest absolute Gasteiger partial charge is 0.315 e. The Labute approximate surface area is 109 Å². The fraction of sp³-hybridized carbons (Fsp3) is 0.909. The van der Waals surface area contributed by atoms with Crippen molar-refractivity contribution in [3.05, 3.63) is 0 Å². The van der Waals surface area contributed by atoms with Gasteiger partial charge in [0.05, 0.1) is 6.26 Å². The van der Waals surface area contributed by atoms with Gasteiger partial charge < -0.3 is 10.6 Å². The summed E-state index contributed by atoms with van der Waals surface area (Å²) in [6.07, 6.45) is 5.06. The number of nitrogens with zero attached hydrogens (tertiary/aromatic N) is 1. The molecule has 0 spiro atoms. The Morgan fingerprint density at radius 1 is 1.33 bits per heavy atom. The van der Waals surface area contributed by atoms with Gasteiger partial charge in [-0.05, 0) is 19.3 Å². The van der Waals surface area contributed by atoms with Crippen molar-refractivity contribution in [2.75, 3.05) is 25.9 Å². The first-order chi connectivity index (χ1) is 8.43. The predicted octanol–water partition coefficient (Wildman–Crippen LogP) is 0.510. The van der Waals surface area contributed by atoms with Crippen LogP contribution in [0, 0.1) is 0 Å². The fourth-order valence-corrected chi connectivity index (χ4v) is 2.42. The van der Waals surface area contributed by atoms with Gasteiger partial charge in [-0.3, -0.25) is 0 Å². The standard InChI is InChI=1S/C11H23N3O3S/c1-3-4-8-14(18(2,16)17)9-7-12-11(15)13-10-5-6-10/h10H,3-9H2,1-2H3,(H2,12,13,15). The highest BCUT2D eigenvalue weighted by molar-refractivity contribution is 7.88. The van der Waals surface area contributed by atoms with Crippen LogP contribution in [0.5, 0.6) is 0 Å². The maximum absolute atomic E-state index is 11.5. The molecule has 2 amide bonds. The maximum atomic E-state index is 11.5. The van der Waals surface area contributed by atoms with E-state index >= 15 is 0 Å². The Kier molecular flexibility index (Phi) is 5.87. The molecule has 0 atom stereocenters. The number of sulfonamides is 1. The molecule has 1 saturated carbocycles. The lowest BCUT2D eigenvalue weighted by Gasteiger charge is -2.19. The van der Waals surface area contributed by atoms with Crippen LogP contribution < -0.4 is 10.6 Å². The molecule has 0 radical (unpaired) electrons. The van der Waals surface area contributed by atoms with E-state index in [9.17, 15) is 13.2 Å². The Bertz CT molecular complexity index is 366. The topological polar surface area (TPSA) is 78.5 Å². The molecule has 0 saturated heterocycles. The van der Waals surface area contributed by atoms with Crippen LogP contribution in [0.1, 0.15) is 32.6 Å². The number of carbonyl (C=O) groups is 1. The van der Waals surface area contributed by atoms with E-state index in [1.54, 1.807) is 0 Å². The van der Waals surface area contributed by atoms with Crippen LogP contribution in [0.25, 0.3) is 0 Å². The van der Waals surface area contributed by atoms with E-state index < -0.39 is 10.0 Å². The lowest BCUT2D eigenvalue weighted by molar-refractivity contribution is 0.239. The number of amides is 2. The molecule has 0 aromatic rings. The number of hydrogen-bond acceptors (Lipinski definition) is 3. The summed E-state index contributed by atoms with van der Waals surface area (Å²) in [6.45, 7) is 3.20. The minimum absolute atomic E-state index is 0.207. The number of carbonyl (C=O) groups excluding carboxylic acids is 1. The first-order valence-corrected chi connectivity index (χ1v) is 8.27. The minimum Gasteiger partial charge on any atom is -0.337 e. The summed E-state index contributed by atoms with van der Waals surface area (Å²) in [5, 5.41) is 5.47. The molecule has 6 nitrogen and oxygen atoms in total. The average molecular weight is 277 g/mol. The van der Waals surface area contributed by atoms with Crippen molar-refractivity contribution in [1.82, 2.24) is 14.9 Å². The molecule has 0 aromatic heterocycles. The van der Waals surface area contributed by atoms with E-state index in [1.165, 1.54) is 10.6 Å². The molecule has 1 aliphatic rings. The molecule has 0 unspecified atom stereocenters. The lowest BCUT2D eigenvalue weighted by atomic mass is 10.3. The number of nitrogens with one attached hydrogen (secondary N) is 2. The van der Waals surface area contributed by atoms with Crippen molar-refractivity contribution < 1.29 is 13.2 Å². The molecule has 0 aromatic carbocycles. The Morgan fingerprint density at radius 2 is 2.00 bits per heavy atom. The number of unbranched alkanes of at least 4 members (excludes halogenated alkanes) is 1. The summed E-state index contributed by atoms with van der Waals surface area (Å²) in [7, 11) is -3.18. The van der Waals surface area contributed by atoms with Gasteiger partial charge in [0.25, 0.3) is 0 Å². The summed E-state index contributed by atoms with van der Waals surface area (Å²) < 4.78 is 24.4. The van der Waals surface area contributed by atoms with Gasteiger partial charge in [0.1, 0.15) is 0 Å². The van der Waals surface area contributed by atoms with Crippen LogP contribution in [-0.2, 0) is 10.0 Å². The molecule has 2 N–H and O–H groups in total. The van der Waals surface area contributed by atoms with Crippen LogP contribution in [-0.4, -0.2) is 50.7 Å². The van der Waals surface area contributed by atoms with E-state index in [1.807, 2.05) is 6.92 Å². The van der Waals surface area contributed by atoms with Gasteiger partial charge in [0.15, 0.2) is 0 Å². The monoisotopic (exact) mass is 277 g/mol. The highest BCUT2D eigenvalue weighted by Crippen LogP contribution is 2.18. The zero-order valence-electron chi connectivity index (χ0n) is 11.1. The molecule has 0 bridgehead atoms. The minimum atomic E-state index is -3.18. The highest BCUT2D eigenvalue weighted by atomic mass is 32.2. The van der Waals surface area contributed by atoms with Crippen LogP contribution in [0.4, 0.5) is 4.79 Å². The van der Waals surface area contributed by atoms with Crippen molar-refractivity contribution in [3.8, 4) is 0 Å². The summed E-state index contributed by atoms with van der Waals surface area (Å²) in [6, 6.07) is 0.109. The molecule has 106 valence electrons. The Hall–Kier alpha value is -0.820. The second kappa shape index (κ2) is 6.94. The zero-order valence-corrected chi connectivity index (χ0v) is 11.9. The molecule has 7 heteroatoms. The molecule has 0 heterocycles. The molecule has 1 fully saturated rings. The van der Waals surface area contributed by atoms with E-state index in [2.05, 4.69) is 10.6 Å². The fourth-order valence-electron chi connectivity index (χ4n) is 1.54. The molecule has 1 aliphatic carbocycles. The molecule has 1 rings (SSSR count). The highest BCUT2D eigenvalue weighted by Gasteiger charge is 2.23. The zero-order chi connectivity index (χ0) is 13.6. The first-order valence-electron chi connectivity index (χ1n) is 6.43. The molecular weight excluding hydrogens is 254 g/mol. The summed E-state index contributed by atoms with van der Waals surface area (Å²) in [5.74, 6) is 0. The van der Waals surface area contributed by atoms with Gasteiger partial charge in [-0.2, -0.15) is 0 Å². The van der Waals surface area contributed by atoms with Gasteiger partial charge >= 0.3 is 6.03 Å². The van der Waals surface area contributed by atoms with Crippen LogP contribution >= 0.6 is 0 Å². The number of rotatable bonds is 8. The third-order valence-electron chi connectivity index (χ3n) is 2.79. The summed E-state index contributed by atoms with van der Waals surface area (Å²) in [5.41, 5.74) is 0. The maximum Gasteiger partial charge on any atom is 0.315 e. The van der Waals surface area contributed by atoms with Crippen LogP contribution in [0.2, 0.25) is 0 Å². The van der Waals surface area contributed by atoms with E-state index in [-0.39, 0.29) is 6.03 Å². The van der Waals surface area contributed by atoms with Crippen molar-refractivity contribution in [1.29, 1.82) is 0 Å². The van der Waals surface area contributed by atoms with Crippen LogP contribution in [0.15, 0.2) is 0 Å². The van der Waals surface area contributed by atoms with E-state index in [0.29, 0.717) is 25.7 Å². The predicted molar refractivity (Wildman–Crippen MR) is 70.9 cm³/mol. The molecule has 18 heavy (non-hydrogen) atoms. The van der Waals surface area contributed by atoms with Crippen molar-refractivity contribution in [3.63, 3.8) is 0 Å². The van der Waals surface area contributed by atoms with Gasteiger partial charge in [0.2, 0.25) is 10.0 Å². The van der Waals surface area contributed by atoms with Crippen LogP contribution in [0.3, 0.4) is 0 Å². The first kappa shape index (κ1) is 15.2. The largest absolute Gasteiger partial charge is 0.337 e. The number of hydrogen-bond donors (Lipinski definition) is 2. The van der Waals surface area contributed by atoms with Gasteiger partial charge in [0, 0.05) is 25.7 Å². The Balaban J connectivity index is 2.25. The van der Waals surface area contributed by atoms with Gasteiger partial charge in [-0.15, -0.1) is 0 Å². The van der Waals surface area contributed by atoms with Crippen molar-refractivity contribution >= 4 is 16.1 Å². The second-order valence-corrected chi connectivity index (χ2v) is 6.67. The van der Waals surface area contributed by atoms with Gasteiger partial charge in [-0.25, -0.2) is 17.5 Å². The SMILES string of the molecule is CCCCN(CCNC(=O)NC1CC1)S(C)(=O)=O.